The van der Waals surface area contributed by atoms with E-state index >= 15 is 0 Å². The highest BCUT2D eigenvalue weighted by atomic mass is 19.3. The van der Waals surface area contributed by atoms with Gasteiger partial charge in [-0.2, -0.15) is 0 Å². The molecule has 0 nitrogen and oxygen atoms in total. The van der Waals surface area contributed by atoms with E-state index in [9.17, 15) is 8.78 Å². The minimum atomic E-state index is -2.38. The van der Waals surface area contributed by atoms with Crippen molar-refractivity contribution in [2.75, 3.05) is 0 Å². The van der Waals surface area contributed by atoms with Crippen LogP contribution in [0.5, 0.6) is 0 Å². The molecule has 1 aromatic carbocycles. The fourth-order valence-corrected chi connectivity index (χ4v) is 0.991. The molecule has 0 bridgehead atoms. The molecule has 0 amide bonds. The van der Waals surface area contributed by atoms with Crippen molar-refractivity contribution in [3.05, 3.63) is 41.5 Å². The molecule has 0 saturated carbocycles. The lowest BCUT2D eigenvalue weighted by Crippen LogP contribution is -1.83. The van der Waals surface area contributed by atoms with Crippen molar-refractivity contribution >= 4 is 6.08 Å². The molecule has 0 unspecified atom stereocenters. The first-order valence-corrected chi connectivity index (χ1v) is 3.75. The SMILES string of the molecule is C/C=C/c1cccc(C(F)F)c1. The molecule has 0 aromatic heterocycles. The van der Waals surface area contributed by atoms with Crippen LogP contribution in [-0.4, -0.2) is 0 Å². The fraction of sp³-hybridized carbons (Fsp3) is 0.200. The summed E-state index contributed by atoms with van der Waals surface area (Å²) in [5, 5.41) is 0. The molecule has 0 saturated heterocycles. The van der Waals surface area contributed by atoms with Gasteiger partial charge < -0.3 is 0 Å². The van der Waals surface area contributed by atoms with Crippen LogP contribution in [0.3, 0.4) is 0 Å². The number of halogens is 2. The van der Waals surface area contributed by atoms with Gasteiger partial charge in [-0.15, -0.1) is 0 Å². The highest BCUT2D eigenvalue weighted by Gasteiger charge is 2.05. The molecule has 64 valence electrons. The van der Waals surface area contributed by atoms with Crippen molar-refractivity contribution in [3.63, 3.8) is 0 Å². The Morgan fingerprint density at radius 1 is 1.33 bits per heavy atom. The summed E-state index contributed by atoms with van der Waals surface area (Å²) >= 11 is 0. The first-order valence-electron chi connectivity index (χ1n) is 3.75. The number of benzene rings is 1. The van der Waals surface area contributed by atoms with Crippen LogP contribution in [0.2, 0.25) is 0 Å². The van der Waals surface area contributed by atoms with Gasteiger partial charge in [0.25, 0.3) is 6.43 Å². The molecule has 1 rings (SSSR count). The van der Waals surface area contributed by atoms with Gasteiger partial charge in [0, 0.05) is 5.56 Å². The van der Waals surface area contributed by atoms with Crippen molar-refractivity contribution in [1.82, 2.24) is 0 Å². The van der Waals surface area contributed by atoms with Crippen LogP contribution in [0.4, 0.5) is 8.78 Å². The van der Waals surface area contributed by atoms with Gasteiger partial charge in [0.1, 0.15) is 0 Å². The van der Waals surface area contributed by atoms with Gasteiger partial charge >= 0.3 is 0 Å². The third-order valence-electron chi connectivity index (χ3n) is 1.52. The Hall–Kier alpha value is -1.18. The number of rotatable bonds is 2. The Kier molecular flexibility index (Phi) is 2.97. The van der Waals surface area contributed by atoms with E-state index in [0.717, 1.165) is 5.56 Å². The monoisotopic (exact) mass is 168 g/mol. The maximum Gasteiger partial charge on any atom is 0.263 e. The largest absolute Gasteiger partial charge is 0.263 e. The summed E-state index contributed by atoms with van der Waals surface area (Å²) in [7, 11) is 0. The van der Waals surface area contributed by atoms with Crippen molar-refractivity contribution in [3.8, 4) is 0 Å². The summed E-state index contributed by atoms with van der Waals surface area (Å²) in [6.45, 7) is 1.86. The van der Waals surface area contributed by atoms with E-state index in [1.54, 1.807) is 18.2 Å². The second kappa shape index (κ2) is 4.00. The third-order valence-corrected chi connectivity index (χ3v) is 1.52. The van der Waals surface area contributed by atoms with Crippen molar-refractivity contribution in [1.29, 1.82) is 0 Å². The normalized spacial score (nSPS) is 11.3. The van der Waals surface area contributed by atoms with E-state index in [1.807, 2.05) is 13.0 Å². The Morgan fingerprint density at radius 2 is 2.08 bits per heavy atom. The lowest BCUT2D eigenvalue weighted by Gasteiger charge is -1.99. The van der Waals surface area contributed by atoms with Gasteiger partial charge in [-0.3, -0.25) is 0 Å². The maximum atomic E-state index is 12.2. The first kappa shape index (κ1) is 8.91. The summed E-state index contributed by atoms with van der Waals surface area (Å²) in [5.74, 6) is 0. The molecule has 0 radical (unpaired) electrons. The van der Waals surface area contributed by atoms with Gasteiger partial charge in [-0.25, -0.2) is 8.78 Å². The molecule has 1 aromatic rings. The zero-order chi connectivity index (χ0) is 8.97. The Morgan fingerprint density at radius 3 is 2.67 bits per heavy atom. The molecule has 0 fully saturated rings. The van der Waals surface area contributed by atoms with E-state index in [1.165, 1.54) is 12.1 Å². The van der Waals surface area contributed by atoms with Gasteiger partial charge in [-0.05, 0) is 18.6 Å². The van der Waals surface area contributed by atoms with Crippen LogP contribution in [0.15, 0.2) is 30.3 Å². The number of hydrogen-bond acceptors (Lipinski definition) is 0. The van der Waals surface area contributed by atoms with E-state index in [0.29, 0.717) is 0 Å². The van der Waals surface area contributed by atoms with E-state index in [-0.39, 0.29) is 5.56 Å². The van der Waals surface area contributed by atoms with Crippen LogP contribution < -0.4 is 0 Å². The van der Waals surface area contributed by atoms with E-state index in [2.05, 4.69) is 0 Å². The van der Waals surface area contributed by atoms with Crippen LogP contribution in [-0.2, 0) is 0 Å². The molecule has 0 aliphatic carbocycles. The number of hydrogen-bond donors (Lipinski definition) is 0. The molecule has 0 heterocycles. The maximum absolute atomic E-state index is 12.2. The second-order valence-corrected chi connectivity index (χ2v) is 2.47. The summed E-state index contributed by atoms with van der Waals surface area (Å²) in [4.78, 5) is 0. The summed E-state index contributed by atoms with van der Waals surface area (Å²) in [5.41, 5.74) is 0.890. The quantitative estimate of drug-likeness (QED) is 0.632. The highest BCUT2D eigenvalue weighted by molar-refractivity contribution is 5.49. The average molecular weight is 168 g/mol. The fourth-order valence-electron chi connectivity index (χ4n) is 0.991. The van der Waals surface area contributed by atoms with Crippen LogP contribution in [0.1, 0.15) is 24.5 Å². The number of alkyl halides is 2. The summed E-state index contributed by atoms with van der Waals surface area (Å²) in [6, 6.07) is 6.35. The highest BCUT2D eigenvalue weighted by Crippen LogP contribution is 2.19. The van der Waals surface area contributed by atoms with E-state index < -0.39 is 6.43 Å². The molecular weight excluding hydrogens is 158 g/mol. The molecule has 0 aliphatic rings. The van der Waals surface area contributed by atoms with Gasteiger partial charge in [-0.1, -0.05) is 30.4 Å². The smallest absolute Gasteiger partial charge is 0.205 e. The van der Waals surface area contributed by atoms with Crippen LogP contribution in [0, 0.1) is 0 Å². The molecule has 0 aliphatic heterocycles. The molecule has 0 atom stereocenters. The van der Waals surface area contributed by atoms with Crippen LogP contribution >= 0.6 is 0 Å². The summed E-state index contributed by atoms with van der Waals surface area (Å²) in [6.07, 6.45) is 1.24. The van der Waals surface area contributed by atoms with Gasteiger partial charge in [0.2, 0.25) is 0 Å². The Bertz CT molecular complexity index is 277. The first-order chi connectivity index (χ1) is 5.74. The zero-order valence-corrected chi connectivity index (χ0v) is 6.80. The minimum Gasteiger partial charge on any atom is -0.205 e. The van der Waals surface area contributed by atoms with Crippen molar-refractivity contribution in [2.24, 2.45) is 0 Å². The Labute approximate surface area is 70.5 Å². The van der Waals surface area contributed by atoms with E-state index in [4.69, 9.17) is 0 Å². The topological polar surface area (TPSA) is 0 Å². The van der Waals surface area contributed by atoms with Gasteiger partial charge in [0.05, 0.1) is 0 Å². The lowest BCUT2D eigenvalue weighted by molar-refractivity contribution is 0.151. The van der Waals surface area contributed by atoms with Crippen LogP contribution in [0.25, 0.3) is 6.08 Å². The molecule has 0 N–H and O–H groups in total. The predicted octanol–water partition coefficient (Wildman–Crippen LogP) is 3.66. The molecule has 0 spiro atoms. The minimum absolute atomic E-state index is 0.0746. The van der Waals surface area contributed by atoms with Crippen molar-refractivity contribution in [2.45, 2.75) is 13.3 Å². The Balaban J connectivity index is 2.95. The summed E-state index contributed by atoms with van der Waals surface area (Å²) < 4.78 is 24.3. The predicted molar refractivity (Wildman–Crippen MR) is 46.1 cm³/mol. The second-order valence-electron chi connectivity index (χ2n) is 2.47. The number of allylic oxidation sites excluding steroid dienone is 1. The van der Waals surface area contributed by atoms with Gasteiger partial charge in [0.15, 0.2) is 0 Å². The molecule has 12 heavy (non-hydrogen) atoms. The average Bonchev–Trinajstić information content (AvgIpc) is 2.05. The zero-order valence-electron chi connectivity index (χ0n) is 6.80. The standard InChI is InChI=1S/C10H10F2/c1-2-4-8-5-3-6-9(7-8)10(11)12/h2-7,10H,1H3/b4-2+. The lowest BCUT2D eigenvalue weighted by atomic mass is 10.1. The molecular formula is C10H10F2. The van der Waals surface area contributed by atoms with Crippen molar-refractivity contribution < 1.29 is 8.78 Å². The third kappa shape index (κ3) is 2.16. The molecule has 2 heteroatoms.